The Morgan fingerprint density at radius 2 is 2.11 bits per heavy atom. The summed E-state index contributed by atoms with van der Waals surface area (Å²) in [5, 5.41) is 2.29. The highest BCUT2D eigenvalue weighted by Gasteiger charge is 2.17. The van der Waals surface area contributed by atoms with Gasteiger partial charge in [-0.3, -0.25) is 4.79 Å². The largest absolute Gasteiger partial charge is 0.397 e. The minimum atomic E-state index is -1.17. The summed E-state index contributed by atoms with van der Waals surface area (Å²) in [5.41, 5.74) is 6.05. The lowest BCUT2D eigenvalue weighted by atomic mass is 10.2. The average molecular weight is 347 g/mol. The van der Waals surface area contributed by atoms with Crippen LogP contribution in [0.25, 0.3) is 0 Å². The number of hydrogen-bond acceptors (Lipinski definition) is 3. The number of carbonyl (C=O) groups is 1. The van der Waals surface area contributed by atoms with Crippen molar-refractivity contribution in [2.75, 3.05) is 11.1 Å². The molecule has 2 aromatic rings. The van der Waals surface area contributed by atoms with Gasteiger partial charge in [0, 0.05) is 0 Å². The first-order valence-corrected chi connectivity index (χ1v) is 6.82. The van der Waals surface area contributed by atoms with E-state index in [0.717, 1.165) is 15.4 Å². The number of anilines is 2. The molecule has 1 aromatic heterocycles. The van der Waals surface area contributed by atoms with Crippen molar-refractivity contribution in [2.45, 2.75) is 6.92 Å². The number of halogens is 3. The number of aryl methyl sites for hydroxylation is 1. The first kappa shape index (κ1) is 14.0. The van der Waals surface area contributed by atoms with Crippen LogP contribution in [0.2, 0.25) is 0 Å². The second kappa shape index (κ2) is 5.26. The average Bonchev–Trinajstić information content (AvgIpc) is 2.70. The van der Waals surface area contributed by atoms with E-state index < -0.39 is 17.5 Å². The highest BCUT2D eigenvalue weighted by Crippen LogP contribution is 2.29. The van der Waals surface area contributed by atoms with Crippen molar-refractivity contribution in [3.8, 4) is 0 Å². The number of amides is 1. The highest BCUT2D eigenvalue weighted by molar-refractivity contribution is 9.11. The van der Waals surface area contributed by atoms with Gasteiger partial charge in [0.05, 0.1) is 14.4 Å². The van der Waals surface area contributed by atoms with Gasteiger partial charge in [-0.15, -0.1) is 11.3 Å². The zero-order chi connectivity index (χ0) is 14.2. The number of nitrogen functional groups attached to an aromatic ring is 1. The monoisotopic (exact) mass is 346 g/mol. The fourth-order valence-electron chi connectivity index (χ4n) is 1.44. The standard InChI is InChI=1S/C12H9BrF2N2OS/c1-5-4-8(19-11(5)13)12(18)17-10-7(16)3-2-6(14)9(10)15/h2-4H,16H2,1H3,(H,17,18). The Balaban J connectivity index is 2.31. The third-order valence-electron chi connectivity index (χ3n) is 2.45. The van der Waals surface area contributed by atoms with E-state index >= 15 is 0 Å². The van der Waals surface area contributed by atoms with E-state index in [0.29, 0.717) is 4.88 Å². The van der Waals surface area contributed by atoms with Gasteiger partial charge in [-0.2, -0.15) is 0 Å². The van der Waals surface area contributed by atoms with Gasteiger partial charge in [0.25, 0.3) is 5.91 Å². The van der Waals surface area contributed by atoms with Crippen LogP contribution >= 0.6 is 27.3 Å². The van der Waals surface area contributed by atoms with E-state index in [9.17, 15) is 13.6 Å². The van der Waals surface area contributed by atoms with Crippen molar-refractivity contribution in [2.24, 2.45) is 0 Å². The first-order chi connectivity index (χ1) is 8.90. The maximum Gasteiger partial charge on any atom is 0.265 e. The van der Waals surface area contributed by atoms with Gasteiger partial charge in [0.1, 0.15) is 5.69 Å². The zero-order valence-corrected chi connectivity index (χ0v) is 12.2. The van der Waals surface area contributed by atoms with Crippen molar-refractivity contribution in [1.82, 2.24) is 0 Å². The quantitative estimate of drug-likeness (QED) is 0.809. The predicted molar refractivity (Wildman–Crippen MR) is 75.5 cm³/mol. The molecule has 1 heterocycles. The molecule has 3 nitrogen and oxygen atoms in total. The number of thiophene rings is 1. The Morgan fingerprint density at radius 3 is 2.68 bits per heavy atom. The van der Waals surface area contributed by atoms with Crippen molar-refractivity contribution in [3.05, 3.63) is 44.1 Å². The lowest BCUT2D eigenvalue weighted by molar-refractivity contribution is 0.103. The highest BCUT2D eigenvalue weighted by atomic mass is 79.9. The summed E-state index contributed by atoms with van der Waals surface area (Å²) >= 11 is 4.50. The van der Waals surface area contributed by atoms with Gasteiger partial charge in [-0.1, -0.05) is 0 Å². The third-order valence-corrected chi connectivity index (χ3v) is 4.58. The van der Waals surface area contributed by atoms with Gasteiger partial charge in [-0.25, -0.2) is 8.78 Å². The molecule has 2 rings (SSSR count). The number of rotatable bonds is 2. The Hall–Kier alpha value is -1.47. The molecular formula is C12H9BrF2N2OS. The fraction of sp³-hybridized carbons (Fsp3) is 0.0833. The maximum absolute atomic E-state index is 13.5. The molecule has 0 bridgehead atoms. The second-order valence-electron chi connectivity index (χ2n) is 3.85. The normalized spacial score (nSPS) is 10.5. The van der Waals surface area contributed by atoms with Crippen LogP contribution in [0.5, 0.6) is 0 Å². The Kier molecular flexibility index (Phi) is 3.86. The molecule has 100 valence electrons. The summed E-state index contributed by atoms with van der Waals surface area (Å²) in [5.74, 6) is -2.76. The van der Waals surface area contributed by atoms with Crippen molar-refractivity contribution >= 4 is 44.5 Å². The van der Waals surface area contributed by atoms with E-state index in [1.165, 1.54) is 17.4 Å². The van der Waals surface area contributed by atoms with Crippen LogP contribution in [0.4, 0.5) is 20.2 Å². The fourth-order valence-corrected chi connectivity index (χ4v) is 2.87. The summed E-state index contributed by atoms with van der Waals surface area (Å²) in [4.78, 5) is 12.3. The summed E-state index contributed by atoms with van der Waals surface area (Å²) < 4.78 is 27.5. The van der Waals surface area contributed by atoms with Crippen molar-refractivity contribution in [1.29, 1.82) is 0 Å². The van der Waals surface area contributed by atoms with E-state index in [-0.39, 0.29) is 11.4 Å². The summed E-state index contributed by atoms with van der Waals surface area (Å²) in [6, 6.07) is 3.76. The van der Waals surface area contributed by atoms with Crippen LogP contribution in [0, 0.1) is 18.6 Å². The third kappa shape index (κ3) is 2.76. The molecule has 0 radical (unpaired) electrons. The van der Waals surface area contributed by atoms with Gasteiger partial charge < -0.3 is 11.1 Å². The molecule has 0 spiro atoms. The number of nitrogens with two attached hydrogens (primary N) is 1. The van der Waals surface area contributed by atoms with Crippen LogP contribution in [-0.2, 0) is 0 Å². The Bertz CT molecular complexity index is 638. The molecule has 0 saturated carbocycles. The number of benzene rings is 1. The minimum Gasteiger partial charge on any atom is -0.397 e. The second-order valence-corrected chi connectivity index (χ2v) is 6.22. The SMILES string of the molecule is Cc1cc(C(=O)Nc2c(N)ccc(F)c2F)sc1Br. The van der Waals surface area contributed by atoms with Gasteiger partial charge in [0.15, 0.2) is 11.6 Å². The topological polar surface area (TPSA) is 55.1 Å². The number of nitrogens with one attached hydrogen (secondary N) is 1. The van der Waals surface area contributed by atoms with Gasteiger partial charge >= 0.3 is 0 Å². The molecule has 19 heavy (non-hydrogen) atoms. The van der Waals surface area contributed by atoms with Crippen LogP contribution in [0.1, 0.15) is 15.2 Å². The molecule has 0 aliphatic heterocycles. The summed E-state index contributed by atoms with van der Waals surface area (Å²) in [6.45, 7) is 1.83. The lowest BCUT2D eigenvalue weighted by Gasteiger charge is -2.08. The van der Waals surface area contributed by atoms with Gasteiger partial charge in [-0.05, 0) is 46.6 Å². The molecule has 0 atom stereocenters. The molecular weight excluding hydrogens is 338 g/mol. The molecule has 0 aliphatic rings. The van der Waals surface area contributed by atoms with E-state index in [2.05, 4.69) is 21.2 Å². The molecule has 1 aromatic carbocycles. The van der Waals surface area contributed by atoms with Crippen LogP contribution < -0.4 is 11.1 Å². The molecule has 0 saturated heterocycles. The Morgan fingerprint density at radius 1 is 1.42 bits per heavy atom. The van der Waals surface area contributed by atoms with E-state index in [1.54, 1.807) is 6.07 Å². The first-order valence-electron chi connectivity index (χ1n) is 5.21. The minimum absolute atomic E-state index is 0.0282. The molecule has 3 N–H and O–H groups in total. The van der Waals surface area contributed by atoms with Crippen LogP contribution in [0.3, 0.4) is 0 Å². The molecule has 0 aliphatic carbocycles. The smallest absolute Gasteiger partial charge is 0.265 e. The van der Waals surface area contributed by atoms with E-state index in [1.807, 2.05) is 6.92 Å². The Labute approximate surface area is 120 Å². The maximum atomic E-state index is 13.5. The van der Waals surface area contributed by atoms with E-state index in [4.69, 9.17) is 5.73 Å². The molecule has 7 heteroatoms. The van der Waals surface area contributed by atoms with Crippen LogP contribution in [-0.4, -0.2) is 5.91 Å². The van der Waals surface area contributed by atoms with Crippen molar-refractivity contribution in [3.63, 3.8) is 0 Å². The van der Waals surface area contributed by atoms with Crippen LogP contribution in [0.15, 0.2) is 22.0 Å². The molecule has 0 fully saturated rings. The number of carbonyl (C=O) groups excluding carboxylic acids is 1. The van der Waals surface area contributed by atoms with Gasteiger partial charge in [0.2, 0.25) is 0 Å². The lowest BCUT2D eigenvalue weighted by Crippen LogP contribution is -2.13. The summed E-state index contributed by atoms with van der Waals surface area (Å²) in [6.07, 6.45) is 0. The van der Waals surface area contributed by atoms with Crippen molar-refractivity contribution < 1.29 is 13.6 Å². The zero-order valence-electron chi connectivity index (χ0n) is 9.76. The predicted octanol–water partition coefficient (Wildman–Crippen LogP) is 3.93. The summed E-state index contributed by atoms with van der Waals surface area (Å²) in [7, 11) is 0. The molecule has 0 unspecified atom stereocenters. The number of hydrogen-bond donors (Lipinski definition) is 2. The molecule has 1 amide bonds.